The van der Waals surface area contributed by atoms with Crippen LogP contribution in [-0.4, -0.2) is 45.2 Å². The van der Waals surface area contributed by atoms with Crippen molar-refractivity contribution in [3.8, 4) is 0 Å². The summed E-state index contributed by atoms with van der Waals surface area (Å²) in [7, 11) is 0. The molecule has 7 atom stereocenters. The highest BCUT2D eigenvalue weighted by Crippen LogP contribution is 2.65. The molecule has 0 aromatic rings. The quantitative estimate of drug-likeness (QED) is 0.692. The fourth-order valence-corrected chi connectivity index (χ4v) is 6.38. The molecule has 26 heavy (non-hydrogen) atoms. The lowest BCUT2D eigenvalue weighted by atomic mass is 9.48. The zero-order chi connectivity index (χ0) is 18.9. The molecule has 0 radical (unpaired) electrons. The van der Waals surface area contributed by atoms with Crippen molar-refractivity contribution in [2.45, 2.75) is 44.8 Å². The van der Waals surface area contributed by atoms with Crippen LogP contribution < -0.4 is 0 Å². The SMILES string of the molecule is C[C@]12C=CC(=O)C=C1C=C[C@@H]1[C@H]2[C@@H](O)C[C@@]2(C)[C@@H]1CC[C@@]2(O)C(=O)CO. The third-order valence-corrected chi connectivity index (χ3v) is 7.82. The molecule has 140 valence electrons. The molecule has 2 fully saturated rings. The Bertz CT molecular complexity index is 764. The van der Waals surface area contributed by atoms with E-state index in [2.05, 4.69) is 6.92 Å². The van der Waals surface area contributed by atoms with Crippen LogP contribution in [0.2, 0.25) is 0 Å². The average Bonchev–Trinajstić information content (AvgIpc) is 2.86. The van der Waals surface area contributed by atoms with Gasteiger partial charge in [-0.05, 0) is 48.8 Å². The number of hydrogen-bond acceptors (Lipinski definition) is 5. The predicted molar refractivity (Wildman–Crippen MR) is 95.0 cm³/mol. The second-order valence-electron chi connectivity index (χ2n) is 8.86. The smallest absolute Gasteiger partial charge is 0.190 e. The van der Waals surface area contributed by atoms with Gasteiger partial charge in [-0.1, -0.05) is 32.1 Å². The van der Waals surface area contributed by atoms with Crippen molar-refractivity contribution in [3.05, 3.63) is 36.0 Å². The van der Waals surface area contributed by atoms with E-state index in [1.54, 1.807) is 12.2 Å². The van der Waals surface area contributed by atoms with Gasteiger partial charge in [-0.3, -0.25) is 9.59 Å². The van der Waals surface area contributed by atoms with Crippen LogP contribution in [0.25, 0.3) is 0 Å². The molecule has 0 bridgehead atoms. The third kappa shape index (κ3) is 2.02. The van der Waals surface area contributed by atoms with Gasteiger partial charge in [-0.2, -0.15) is 0 Å². The second kappa shape index (κ2) is 5.47. The van der Waals surface area contributed by atoms with Gasteiger partial charge in [0.05, 0.1) is 6.10 Å². The molecule has 0 saturated heterocycles. The molecule has 4 rings (SSSR count). The molecular formula is C21H26O5. The van der Waals surface area contributed by atoms with Crippen molar-refractivity contribution < 1.29 is 24.9 Å². The Morgan fingerprint density at radius 2 is 2.04 bits per heavy atom. The minimum atomic E-state index is -1.60. The van der Waals surface area contributed by atoms with Gasteiger partial charge in [-0.15, -0.1) is 0 Å². The van der Waals surface area contributed by atoms with E-state index in [0.29, 0.717) is 19.3 Å². The van der Waals surface area contributed by atoms with Gasteiger partial charge in [0.1, 0.15) is 12.2 Å². The third-order valence-electron chi connectivity index (χ3n) is 7.82. The first-order chi connectivity index (χ1) is 12.2. The monoisotopic (exact) mass is 358 g/mol. The molecule has 3 N–H and O–H groups in total. The van der Waals surface area contributed by atoms with Crippen molar-refractivity contribution >= 4 is 11.6 Å². The van der Waals surface area contributed by atoms with Crippen molar-refractivity contribution in [1.82, 2.24) is 0 Å². The van der Waals surface area contributed by atoms with E-state index in [1.165, 1.54) is 0 Å². The number of aliphatic hydroxyl groups is 3. The van der Waals surface area contributed by atoms with Crippen molar-refractivity contribution in [1.29, 1.82) is 0 Å². The second-order valence-corrected chi connectivity index (χ2v) is 8.86. The molecule has 0 aromatic heterocycles. The van der Waals surface area contributed by atoms with Gasteiger partial charge in [0.25, 0.3) is 0 Å². The summed E-state index contributed by atoms with van der Waals surface area (Å²) < 4.78 is 0. The van der Waals surface area contributed by atoms with Crippen LogP contribution in [0.5, 0.6) is 0 Å². The van der Waals surface area contributed by atoms with Crippen LogP contribution in [0.1, 0.15) is 33.1 Å². The van der Waals surface area contributed by atoms with E-state index >= 15 is 0 Å². The van der Waals surface area contributed by atoms with Crippen molar-refractivity contribution in [3.63, 3.8) is 0 Å². The normalized spacial score (nSPS) is 49.3. The lowest BCUT2D eigenvalue weighted by Crippen LogP contribution is -2.61. The molecule has 0 spiro atoms. The van der Waals surface area contributed by atoms with E-state index in [1.807, 2.05) is 25.2 Å². The lowest BCUT2D eigenvalue weighted by Gasteiger charge is -2.57. The summed E-state index contributed by atoms with van der Waals surface area (Å²) in [6, 6.07) is 0. The molecule has 0 amide bonds. The summed E-state index contributed by atoms with van der Waals surface area (Å²) in [5, 5.41) is 31.6. The van der Waals surface area contributed by atoms with Crippen LogP contribution in [0.3, 0.4) is 0 Å². The maximum absolute atomic E-state index is 12.3. The first-order valence-electron chi connectivity index (χ1n) is 9.35. The van der Waals surface area contributed by atoms with Gasteiger partial charge in [-0.25, -0.2) is 0 Å². The molecule has 2 saturated carbocycles. The highest BCUT2D eigenvalue weighted by atomic mass is 16.3. The van der Waals surface area contributed by atoms with Crippen molar-refractivity contribution in [2.75, 3.05) is 6.61 Å². The molecule has 0 aromatic carbocycles. The number of Topliss-reactive ketones (excluding diaryl/α,β-unsaturated/α-hetero) is 1. The Balaban J connectivity index is 1.80. The Morgan fingerprint density at radius 1 is 1.31 bits per heavy atom. The van der Waals surface area contributed by atoms with Crippen LogP contribution in [0, 0.1) is 28.6 Å². The van der Waals surface area contributed by atoms with Crippen LogP contribution >= 0.6 is 0 Å². The highest BCUT2D eigenvalue weighted by Gasteiger charge is 2.67. The minimum absolute atomic E-state index is 0.00395. The van der Waals surface area contributed by atoms with E-state index < -0.39 is 34.9 Å². The zero-order valence-electron chi connectivity index (χ0n) is 15.2. The Labute approximate surface area is 153 Å². The topological polar surface area (TPSA) is 94.8 Å². The minimum Gasteiger partial charge on any atom is -0.393 e. The molecule has 5 nitrogen and oxygen atoms in total. The Hall–Kier alpha value is -1.56. The Morgan fingerprint density at radius 3 is 2.73 bits per heavy atom. The summed E-state index contributed by atoms with van der Waals surface area (Å²) in [5.74, 6) is -0.656. The average molecular weight is 358 g/mol. The van der Waals surface area contributed by atoms with E-state index in [9.17, 15) is 24.9 Å². The number of fused-ring (bicyclic) bond motifs is 5. The summed E-state index contributed by atoms with van der Waals surface area (Å²) in [6.07, 6.45) is 9.69. The largest absolute Gasteiger partial charge is 0.393 e. The molecule has 4 aliphatic carbocycles. The summed E-state index contributed by atoms with van der Waals surface area (Å²) in [6.45, 7) is 3.24. The molecule has 0 unspecified atom stereocenters. The summed E-state index contributed by atoms with van der Waals surface area (Å²) in [4.78, 5) is 24.1. The van der Waals surface area contributed by atoms with Gasteiger partial charge in [0.15, 0.2) is 11.6 Å². The number of rotatable bonds is 2. The van der Waals surface area contributed by atoms with Gasteiger partial charge in [0, 0.05) is 16.7 Å². The van der Waals surface area contributed by atoms with Gasteiger partial charge < -0.3 is 15.3 Å². The maximum atomic E-state index is 12.3. The Kier molecular flexibility index (Phi) is 3.75. The number of allylic oxidation sites excluding steroid dienone is 6. The number of ketones is 2. The highest BCUT2D eigenvalue weighted by molar-refractivity contribution is 6.01. The standard InChI is InChI=1S/C21H26O5/c1-19-7-5-13(23)9-12(19)3-4-14-15-6-8-21(26,17(25)11-22)20(15,2)10-16(24)18(14)19/h3-5,7,9,14-16,18,22,24,26H,6,8,10-11H2,1-2H3/t14-,15+,16-,18-,19-,20-,21+/m0/s1. The summed E-state index contributed by atoms with van der Waals surface area (Å²) >= 11 is 0. The first-order valence-corrected chi connectivity index (χ1v) is 9.35. The van der Waals surface area contributed by atoms with Crippen LogP contribution in [0.4, 0.5) is 0 Å². The lowest BCUT2D eigenvalue weighted by molar-refractivity contribution is -0.172. The molecule has 0 aliphatic heterocycles. The zero-order valence-corrected chi connectivity index (χ0v) is 15.2. The molecule has 4 aliphatic rings. The van der Waals surface area contributed by atoms with Crippen molar-refractivity contribution in [2.24, 2.45) is 28.6 Å². The van der Waals surface area contributed by atoms with Gasteiger partial charge >= 0.3 is 0 Å². The predicted octanol–water partition coefficient (Wildman–Crippen LogP) is 1.33. The molecule has 5 heteroatoms. The number of carbonyl (C=O) groups is 2. The van der Waals surface area contributed by atoms with E-state index in [0.717, 1.165) is 5.57 Å². The number of aliphatic hydroxyl groups excluding tert-OH is 2. The number of carbonyl (C=O) groups excluding carboxylic acids is 2. The van der Waals surface area contributed by atoms with Crippen LogP contribution in [-0.2, 0) is 9.59 Å². The van der Waals surface area contributed by atoms with E-state index in [-0.39, 0.29) is 23.5 Å². The van der Waals surface area contributed by atoms with Crippen LogP contribution in [0.15, 0.2) is 36.0 Å². The molecular weight excluding hydrogens is 332 g/mol. The van der Waals surface area contributed by atoms with E-state index in [4.69, 9.17) is 0 Å². The fourth-order valence-electron chi connectivity index (χ4n) is 6.38. The fraction of sp³-hybridized carbons (Fsp3) is 0.619. The first kappa shape index (κ1) is 17.8. The summed E-state index contributed by atoms with van der Waals surface area (Å²) in [5.41, 5.74) is -1.89. The molecule has 0 heterocycles. The number of hydrogen-bond donors (Lipinski definition) is 3. The van der Waals surface area contributed by atoms with Gasteiger partial charge in [0.2, 0.25) is 0 Å². The maximum Gasteiger partial charge on any atom is 0.190 e.